The van der Waals surface area contributed by atoms with E-state index in [0.29, 0.717) is 38.2 Å². The summed E-state index contributed by atoms with van der Waals surface area (Å²) in [6.07, 6.45) is 2.52. The molecule has 0 radical (unpaired) electrons. The van der Waals surface area contributed by atoms with Crippen molar-refractivity contribution in [3.63, 3.8) is 0 Å². The molecule has 33 heavy (non-hydrogen) atoms. The van der Waals surface area contributed by atoms with Crippen LogP contribution in [0.1, 0.15) is 28.8 Å². The van der Waals surface area contributed by atoms with Gasteiger partial charge in [-0.25, -0.2) is 4.98 Å². The molecule has 0 saturated carbocycles. The van der Waals surface area contributed by atoms with Crippen LogP contribution in [0.5, 0.6) is 5.75 Å². The summed E-state index contributed by atoms with van der Waals surface area (Å²) in [5.74, 6) is 2.17. The fourth-order valence-corrected chi connectivity index (χ4v) is 3.12. The molecular formula is C25H33IN4O3. The summed E-state index contributed by atoms with van der Waals surface area (Å²) in [6.45, 7) is 6.51. The van der Waals surface area contributed by atoms with E-state index in [0.717, 1.165) is 34.6 Å². The van der Waals surface area contributed by atoms with Gasteiger partial charge in [0.1, 0.15) is 12.0 Å². The standard InChI is InChI=1S/C25H32N4O3.HI/c1-18-6-9-20(10-7-18)24-29-22(17-32-24)16-28-25(26-3)27-15-21-11-8-19(2)14-23(21)31-13-5-12-30-4;/h6-11,14,17H,5,12-13,15-16H2,1-4H3,(H2,26,27,28);1H. The van der Waals surface area contributed by atoms with E-state index in [1.54, 1.807) is 20.4 Å². The Morgan fingerprint density at radius 3 is 2.45 bits per heavy atom. The molecule has 2 N–H and O–H groups in total. The first-order valence-corrected chi connectivity index (χ1v) is 10.8. The van der Waals surface area contributed by atoms with Crippen molar-refractivity contribution in [2.24, 2.45) is 4.99 Å². The molecule has 3 aromatic rings. The van der Waals surface area contributed by atoms with Gasteiger partial charge >= 0.3 is 0 Å². The molecule has 0 saturated heterocycles. The molecule has 3 rings (SSSR count). The maximum atomic E-state index is 5.96. The topological polar surface area (TPSA) is 80.9 Å². The van der Waals surface area contributed by atoms with Gasteiger partial charge in [-0.15, -0.1) is 24.0 Å². The number of oxazole rings is 1. The zero-order valence-corrected chi connectivity index (χ0v) is 22.0. The Morgan fingerprint density at radius 2 is 1.73 bits per heavy atom. The Kier molecular flexibility index (Phi) is 11.2. The van der Waals surface area contributed by atoms with Gasteiger partial charge in [-0.3, -0.25) is 4.99 Å². The normalized spacial score (nSPS) is 11.1. The average molecular weight is 564 g/mol. The van der Waals surface area contributed by atoms with Crippen LogP contribution < -0.4 is 15.4 Å². The molecule has 0 atom stereocenters. The van der Waals surface area contributed by atoms with Gasteiger partial charge in [-0.05, 0) is 37.6 Å². The molecule has 7 nitrogen and oxygen atoms in total. The fourth-order valence-electron chi connectivity index (χ4n) is 3.12. The molecule has 2 aromatic carbocycles. The number of aliphatic imine (C=N–C) groups is 1. The minimum Gasteiger partial charge on any atom is -0.493 e. The molecule has 0 spiro atoms. The Morgan fingerprint density at radius 1 is 1.00 bits per heavy atom. The maximum Gasteiger partial charge on any atom is 0.226 e. The molecule has 0 aliphatic carbocycles. The number of nitrogens with one attached hydrogen (secondary N) is 2. The number of methoxy groups -OCH3 is 1. The number of halogens is 1. The van der Waals surface area contributed by atoms with Gasteiger partial charge < -0.3 is 24.5 Å². The second-order valence-electron chi connectivity index (χ2n) is 7.60. The lowest BCUT2D eigenvalue weighted by atomic mass is 10.1. The summed E-state index contributed by atoms with van der Waals surface area (Å²) in [7, 11) is 3.44. The quantitative estimate of drug-likeness (QED) is 0.159. The molecule has 0 aliphatic heterocycles. The number of aryl methyl sites for hydroxylation is 2. The summed E-state index contributed by atoms with van der Waals surface area (Å²) in [6, 6.07) is 14.3. The van der Waals surface area contributed by atoms with E-state index < -0.39 is 0 Å². The van der Waals surface area contributed by atoms with E-state index in [4.69, 9.17) is 13.9 Å². The third-order valence-electron chi connectivity index (χ3n) is 4.93. The number of aromatic nitrogens is 1. The van der Waals surface area contributed by atoms with Crippen LogP contribution in [0.4, 0.5) is 0 Å². The number of hydrogen-bond acceptors (Lipinski definition) is 5. The van der Waals surface area contributed by atoms with Gasteiger partial charge in [0, 0.05) is 44.9 Å². The SMILES string of the molecule is CN=C(NCc1coc(-c2ccc(C)cc2)n1)NCc1ccc(C)cc1OCCCOC.I. The summed E-state index contributed by atoms with van der Waals surface area (Å²) >= 11 is 0. The molecular weight excluding hydrogens is 531 g/mol. The highest BCUT2D eigenvalue weighted by Crippen LogP contribution is 2.21. The van der Waals surface area contributed by atoms with E-state index in [1.165, 1.54) is 5.56 Å². The van der Waals surface area contributed by atoms with E-state index >= 15 is 0 Å². The van der Waals surface area contributed by atoms with Gasteiger partial charge in [0.2, 0.25) is 5.89 Å². The largest absolute Gasteiger partial charge is 0.493 e. The second-order valence-corrected chi connectivity index (χ2v) is 7.60. The van der Waals surface area contributed by atoms with E-state index in [2.05, 4.69) is 52.7 Å². The first-order chi connectivity index (χ1) is 15.6. The van der Waals surface area contributed by atoms with Gasteiger partial charge in [0.25, 0.3) is 0 Å². The molecule has 0 amide bonds. The van der Waals surface area contributed by atoms with Crippen molar-refractivity contribution >= 4 is 29.9 Å². The average Bonchev–Trinajstić information content (AvgIpc) is 3.27. The van der Waals surface area contributed by atoms with Crippen LogP contribution in [0.15, 0.2) is 58.1 Å². The summed E-state index contributed by atoms with van der Waals surface area (Å²) in [5.41, 5.74) is 5.20. The van der Waals surface area contributed by atoms with Crippen molar-refractivity contribution in [1.29, 1.82) is 0 Å². The Balaban J connectivity index is 0.00000385. The fraction of sp³-hybridized carbons (Fsp3) is 0.360. The van der Waals surface area contributed by atoms with E-state index in [9.17, 15) is 0 Å². The van der Waals surface area contributed by atoms with Crippen LogP contribution in [0.3, 0.4) is 0 Å². The smallest absolute Gasteiger partial charge is 0.226 e. The second kappa shape index (κ2) is 13.8. The molecule has 8 heteroatoms. The lowest BCUT2D eigenvalue weighted by Gasteiger charge is -2.15. The van der Waals surface area contributed by atoms with E-state index in [-0.39, 0.29) is 24.0 Å². The molecule has 178 valence electrons. The maximum absolute atomic E-state index is 5.96. The molecule has 0 aliphatic rings. The number of rotatable bonds is 10. The molecule has 1 heterocycles. The molecule has 1 aromatic heterocycles. The van der Waals surface area contributed by atoms with Crippen molar-refractivity contribution < 1.29 is 13.9 Å². The first-order valence-electron chi connectivity index (χ1n) is 10.8. The molecule has 0 bridgehead atoms. The highest BCUT2D eigenvalue weighted by molar-refractivity contribution is 14.0. The van der Waals surface area contributed by atoms with Gasteiger partial charge in [0.05, 0.1) is 18.8 Å². The van der Waals surface area contributed by atoms with Crippen LogP contribution in [-0.4, -0.2) is 38.3 Å². The minimum atomic E-state index is 0. The molecule has 0 fully saturated rings. The first kappa shape index (κ1) is 26.7. The Labute approximate surface area is 213 Å². The Bertz CT molecular complexity index is 1020. The van der Waals surface area contributed by atoms with Crippen LogP contribution in [0.25, 0.3) is 11.5 Å². The summed E-state index contributed by atoms with van der Waals surface area (Å²) < 4.78 is 16.7. The number of benzene rings is 2. The van der Waals surface area contributed by atoms with Crippen molar-refractivity contribution in [1.82, 2.24) is 15.6 Å². The van der Waals surface area contributed by atoms with Crippen LogP contribution in [0, 0.1) is 13.8 Å². The highest BCUT2D eigenvalue weighted by Gasteiger charge is 2.09. The lowest BCUT2D eigenvalue weighted by molar-refractivity contribution is 0.171. The third kappa shape index (κ3) is 8.36. The third-order valence-corrected chi connectivity index (χ3v) is 4.93. The molecule has 0 unspecified atom stereocenters. The number of nitrogens with zero attached hydrogens (tertiary/aromatic N) is 2. The monoisotopic (exact) mass is 564 g/mol. The van der Waals surface area contributed by atoms with Crippen LogP contribution in [-0.2, 0) is 17.8 Å². The number of ether oxygens (including phenoxy) is 2. The predicted octanol–water partition coefficient (Wildman–Crippen LogP) is 4.86. The minimum absolute atomic E-state index is 0. The highest BCUT2D eigenvalue weighted by atomic mass is 127. The van der Waals surface area contributed by atoms with Crippen molar-refractivity contribution in [3.05, 3.63) is 71.1 Å². The van der Waals surface area contributed by atoms with Crippen molar-refractivity contribution in [3.8, 4) is 17.2 Å². The zero-order valence-electron chi connectivity index (χ0n) is 19.7. The van der Waals surface area contributed by atoms with Gasteiger partial charge in [-0.1, -0.05) is 29.8 Å². The number of hydrogen-bond donors (Lipinski definition) is 2. The summed E-state index contributed by atoms with van der Waals surface area (Å²) in [4.78, 5) is 8.87. The van der Waals surface area contributed by atoms with Crippen molar-refractivity contribution in [2.45, 2.75) is 33.4 Å². The zero-order chi connectivity index (χ0) is 22.8. The summed E-state index contributed by atoms with van der Waals surface area (Å²) in [5, 5.41) is 6.62. The predicted molar refractivity (Wildman–Crippen MR) is 142 cm³/mol. The number of guanidine groups is 1. The van der Waals surface area contributed by atoms with Crippen LogP contribution in [0.2, 0.25) is 0 Å². The Hall–Kier alpha value is -2.59. The van der Waals surface area contributed by atoms with Gasteiger partial charge in [-0.2, -0.15) is 0 Å². The van der Waals surface area contributed by atoms with E-state index in [1.807, 2.05) is 24.3 Å². The van der Waals surface area contributed by atoms with Crippen LogP contribution >= 0.6 is 24.0 Å². The lowest BCUT2D eigenvalue weighted by Crippen LogP contribution is -2.36. The van der Waals surface area contributed by atoms with Crippen molar-refractivity contribution in [2.75, 3.05) is 27.4 Å². The van der Waals surface area contributed by atoms with Gasteiger partial charge in [0.15, 0.2) is 5.96 Å².